The molecule has 4 aromatic heterocycles. The molecular weight excluding hydrogens is 683 g/mol. The van der Waals surface area contributed by atoms with Crippen molar-refractivity contribution in [3.05, 3.63) is 200 Å². The van der Waals surface area contributed by atoms with Crippen LogP contribution in [0.3, 0.4) is 0 Å². The summed E-state index contributed by atoms with van der Waals surface area (Å²) in [5, 5.41) is 4.75. The molecule has 5 heteroatoms. The van der Waals surface area contributed by atoms with Crippen molar-refractivity contribution in [2.45, 2.75) is 0 Å². The van der Waals surface area contributed by atoms with E-state index in [1.54, 1.807) is 0 Å². The van der Waals surface area contributed by atoms with Crippen molar-refractivity contribution in [3.63, 3.8) is 0 Å². The molecular formula is C51H33N5. The van der Waals surface area contributed by atoms with Crippen LogP contribution in [0.25, 0.3) is 100 Å². The molecule has 0 saturated carbocycles. The maximum absolute atomic E-state index is 5.14. The fourth-order valence-electron chi connectivity index (χ4n) is 8.16. The topological polar surface area (TPSA) is 48.5 Å². The van der Waals surface area contributed by atoms with E-state index in [1.165, 1.54) is 16.2 Å². The Morgan fingerprint density at radius 2 is 0.875 bits per heavy atom. The van der Waals surface area contributed by atoms with Gasteiger partial charge in [-0.3, -0.25) is 4.57 Å². The Hall–Kier alpha value is -7.63. The Morgan fingerprint density at radius 3 is 1.62 bits per heavy atom. The Labute approximate surface area is 323 Å². The Kier molecular flexibility index (Phi) is 7.42. The van der Waals surface area contributed by atoms with Gasteiger partial charge in [-0.15, -0.1) is 0 Å². The number of nitrogens with zero attached hydrogens (tertiary/aromatic N) is 5. The number of pyridine rings is 1. The van der Waals surface area contributed by atoms with E-state index in [1.807, 2.05) is 36.5 Å². The summed E-state index contributed by atoms with van der Waals surface area (Å²) in [4.78, 5) is 15.0. The Bertz CT molecular complexity index is 3180. The molecule has 0 aliphatic carbocycles. The minimum Gasteiger partial charge on any atom is -0.309 e. The molecule has 11 rings (SSSR count). The van der Waals surface area contributed by atoms with E-state index >= 15 is 0 Å². The van der Waals surface area contributed by atoms with Crippen molar-refractivity contribution in [1.82, 2.24) is 24.1 Å². The van der Waals surface area contributed by atoms with E-state index in [-0.39, 0.29) is 0 Å². The van der Waals surface area contributed by atoms with Crippen molar-refractivity contribution in [1.29, 1.82) is 0 Å². The molecule has 0 amide bonds. The molecule has 0 bridgehead atoms. The second-order valence-corrected chi connectivity index (χ2v) is 14.1. The van der Waals surface area contributed by atoms with Crippen LogP contribution >= 0.6 is 0 Å². The lowest BCUT2D eigenvalue weighted by atomic mass is 10.0. The van der Waals surface area contributed by atoms with Gasteiger partial charge in [-0.05, 0) is 71.8 Å². The van der Waals surface area contributed by atoms with E-state index in [0.29, 0.717) is 5.82 Å². The summed E-state index contributed by atoms with van der Waals surface area (Å²) in [7, 11) is 0. The van der Waals surface area contributed by atoms with Crippen LogP contribution in [-0.2, 0) is 0 Å². The lowest BCUT2D eigenvalue weighted by molar-refractivity contribution is 1.14. The summed E-state index contributed by atoms with van der Waals surface area (Å²) in [5.41, 5.74) is 13.7. The molecule has 7 aromatic carbocycles. The second-order valence-electron chi connectivity index (χ2n) is 14.1. The number of fused-ring (bicyclic) bond motifs is 6. The standard InChI is InChI=1S/C51H33N5/c1-4-14-34(15-5-1)45-33-46(54-50(53-45)35-16-6-2-7-17-35)38-18-12-21-40(30-38)55-47-24-11-10-22-41(47)42-27-25-36(31-48(42)55)37-26-28-43-44-23-13-29-52-51(44)56(49(43)32-37)39-19-8-3-9-20-39/h1-33H. The predicted octanol–water partition coefficient (Wildman–Crippen LogP) is 12.7. The van der Waals surface area contributed by atoms with Crippen molar-refractivity contribution < 1.29 is 0 Å². The average Bonchev–Trinajstić information content (AvgIpc) is 3.79. The van der Waals surface area contributed by atoms with E-state index < -0.39 is 0 Å². The first-order valence-electron chi connectivity index (χ1n) is 18.9. The molecule has 0 aliphatic heterocycles. The van der Waals surface area contributed by atoms with Crippen LogP contribution in [0.2, 0.25) is 0 Å². The zero-order valence-corrected chi connectivity index (χ0v) is 30.3. The van der Waals surface area contributed by atoms with Crippen LogP contribution in [0.15, 0.2) is 200 Å². The molecule has 4 heterocycles. The van der Waals surface area contributed by atoms with E-state index in [9.17, 15) is 0 Å². The van der Waals surface area contributed by atoms with Crippen molar-refractivity contribution >= 4 is 43.7 Å². The molecule has 11 aromatic rings. The molecule has 0 fully saturated rings. The Morgan fingerprint density at radius 1 is 0.321 bits per heavy atom. The summed E-state index contributed by atoms with van der Waals surface area (Å²) in [6.07, 6.45) is 1.87. The summed E-state index contributed by atoms with van der Waals surface area (Å²) in [6, 6.07) is 68.4. The van der Waals surface area contributed by atoms with Crippen LogP contribution in [0.1, 0.15) is 0 Å². The fourth-order valence-corrected chi connectivity index (χ4v) is 8.16. The highest BCUT2D eigenvalue weighted by Crippen LogP contribution is 2.38. The maximum atomic E-state index is 5.14. The van der Waals surface area contributed by atoms with Crippen LogP contribution in [0.4, 0.5) is 0 Å². The third-order valence-corrected chi connectivity index (χ3v) is 10.8. The van der Waals surface area contributed by atoms with Gasteiger partial charge in [-0.2, -0.15) is 0 Å². The predicted molar refractivity (Wildman–Crippen MR) is 230 cm³/mol. The summed E-state index contributed by atoms with van der Waals surface area (Å²) in [5.74, 6) is 0.702. The summed E-state index contributed by atoms with van der Waals surface area (Å²) >= 11 is 0. The zero-order chi connectivity index (χ0) is 37.0. The number of hydrogen-bond donors (Lipinski definition) is 0. The minimum atomic E-state index is 0.702. The van der Waals surface area contributed by atoms with Gasteiger partial charge in [0.25, 0.3) is 0 Å². The molecule has 0 spiro atoms. The number of para-hydroxylation sites is 2. The lowest BCUT2D eigenvalue weighted by Crippen LogP contribution is -1.98. The normalized spacial score (nSPS) is 11.6. The van der Waals surface area contributed by atoms with Crippen molar-refractivity contribution in [2.75, 3.05) is 0 Å². The van der Waals surface area contributed by atoms with Gasteiger partial charge in [0.1, 0.15) is 5.65 Å². The minimum absolute atomic E-state index is 0.702. The van der Waals surface area contributed by atoms with Gasteiger partial charge in [-0.25, -0.2) is 15.0 Å². The highest BCUT2D eigenvalue weighted by molar-refractivity contribution is 6.11. The fraction of sp³-hybridized carbons (Fsp3) is 0. The van der Waals surface area contributed by atoms with Gasteiger partial charge < -0.3 is 4.57 Å². The van der Waals surface area contributed by atoms with Crippen LogP contribution in [0, 0.1) is 0 Å². The van der Waals surface area contributed by atoms with Gasteiger partial charge in [0.05, 0.1) is 27.9 Å². The van der Waals surface area contributed by atoms with Gasteiger partial charge >= 0.3 is 0 Å². The van der Waals surface area contributed by atoms with Crippen LogP contribution in [0.5, 0.6) is 0 Å². The first kappa shape index (κ1) is 31.9. The van der Waals surface area contributed by atoms with Crippen molar-refractivity contribution in [3.8, 4) is 56.4 Å². The van der Waals surface area contributed by atoms with Gasteiger partial charge in [0.2, 0.25) is 0 Å². The maximum Gasteiger partial charge on any atom is 0.160 e. The lowest BCUT2D eigenvalue weighted by Gasteiger charge is -2.13. The van der Waals surface area contributed by atoms with Gasteiger partial charge in [0, 0.05) is 55.8 Å². The van der Waals surface area contributed by atoms with E-state index in [4.69, 9.17) is 15.0 Å². The van der Waals surface area contributed by atoms with Gasteiger partial charge in [-0.1, -0.05) is 133 Å². The molecule has 5 nitrogen and oxygen atoms in total. The third-order valence-electron chi connectivity index (χ3n) is 10.8. The monoisotopic (exact) mass is 715 g/mol. The molecule has 0 radical (unpaired) electrons. The number of benzene rings is 7. The average molecular weight is 716 g/mol. The molecule has 56 heavy (non-hydrogen) atoms. The summed E-state index contributed by atoms with van der Waals surface area (Å²) < 4.78 is 4.66. The quantitative estimate of drug-likeness (QED) is 0.172. The highest BCUT2D eigenvalue weighted by atomic mass is 15.0. The van der Waals surface area contributed by atoms with E-state index in [0.717, 1.165) is 78.2 Å². The van der Waals surface area contributed by atoms with E-state index in [2.05, 4.69) is 173 Å². The van der Waals surface area contributed by atoms with Crippen LogP contribution in [-0.4, -0.2) is 24.1 Å². The molecule has 0 atom stereocenters. The first-order chi connectivity index (χ1) is 27.8. The largest absolute Gasteiger partial charge is 0.309 e. The first-order valence-corrected chi connectivity index (χ1v) is 18.9. The SMILES string of the molecule is c1ccc(-c2cc(-c3cccc(-n4c5ccccc5c5ccc(-c6ccc7c8cccnc8n(-c8ccccc8)c7c6)cc54)c3)nc(-c3ccccc3)n2)cc1. The molecule has 0 aliphatic rings. The molecule has 0 unspecified atom stereocenters. The molecule has 262 valence electrons. The van der Waals surface area contributed by atoms with Crippen molar-refractivity contribution in [2.24, 2.45) is 0 Å². The number of rotatable bonds is 6. The number of hydrogen-bond acceptors (Lipinski definition) is 3. The highest BCUT2D eigenvalue weighted by Gasteiger charge is 2.18. The number of aromatic nitrogens is 5. The molecule has 0 N–H and O–H groups in total. The third kappa shape index (κ3) is 5.29. The second kappa shape index (κ2) is 13.0. The van der Waals surface area contributed by atoms with Gasteiger partial charge in [0.15, 0.2) is 5.82 Å². The van der Waals surface area contributed by atoms with Crippen LogP contribution < -0.4 is 0 Å². The zero-order valence-electron chi connectivity index (χ0n) is 30.3. The molecule has 0 saturated heterocycles. The summed E-state index contributed by atoms with van der Waals surface area (Å²) in [6.45, 7) is 0. The smallest absolute Gasteiger partial charge is 0.160 e. The Balaban J connectivity index is 1.08.